The van der Waals surface area contributed by atoms with Crippen molar-refractivity contribution in [3.8, 4) is 5.75 Å². The molecule has 0 aliphatic carbocycles. The highest BCUT2D eigenvalue weighted by Crippen LogP contribution is 2.28. The van der Waals surface area contributed by atoms with Crippen LogP contribution in [0.2, 0.25) is 0 Å². The average Bonchev–Trinajstić information content (AvgIpc) is 2.61. The summed E-state index contributed by atoms with van der Waals surface area (Å²) in [5.41, 5.74) is -0.227. The maximum Gasteiger partial charge on any atom is 0.273 e. The van der Waals surface area contributed by atoms with Gasteiger partial charge in [-0.05, 0) is 30.4 Å². The minimum atomic E-state index is -3.80. The molecule has 0 unspecified atom stereocenters. The minimum absolute atomic E-state index is 0.0552. The predicted molar refractivity (Wildman–Crippen MR) is 96.6 cm³/mol. The molecule has 9 heteroatoms. The Morgan fingerprint density at radius 3 is 2.56 bits per heavy atom. The molecule has 0 saturated carbocycles. The molecule has 0 fully saturated rings. The van der Waals surface area contributed by atoms with E-state index in [4.69, 9.17) is 4.74 Å². The maximum absolute atomic E-state index is 12.4. The van der Waals surface area contributed by atoms with Crippen molar-refractivity contribution in [1.82, 2.24) is 4.72 Å². The Hall–Kier alpha value is -2.10. The summed E-state index contributed by atoms with van der Waals surface area (Å²) in [6.45, 7) is 0.266. The van der Waals surface area contributed by atoms with E-state index in [1.54, 1.807) is 11.8 Å². The Morgan fingerprint density at radius 2 is 1.92 bits per heavy atom. The van der Waals surface area contributed by atoms with Crippen molar-refractivity contribution in [1.29, 1.82) is 0 Å². The summed E-state index contributed by atoms with van der Waals surface area (Å²) in [4.78, 5) is 11.2. The van der Waals surface area contributed by atoms with E-state index in [1.165, 1.54) is 13.2 Å². The SMILES string of the molecule is COc1cc([N+](=O)[O-])ccc1S(=O)(=O)NCCCSc1ccccc1. The van der Waals surface area contributed by atoms with Gasteiger partial charge in [-0.25, -0.2) is 13.1 Å². The quantitative estimate of drug-likeness (QED) is 0.310. The molecule has 2 aromatic rings. The maximum atomic E-state index is 12.4. The van der Waals surface area contributed by atoms with Gasteiger partial charge in [0.2, 0.25) is 10.0 Å². The van der Waals surface area contributed by atoms with E-state index in [1.807, 2.05) is 30.3 Å². The molecule has 2 aromatic carbocycles. The van der Waals surface area contributed by atoms with Crippen LogP contribution in [-0.2, 0) is 10.0 Å². The van der Waals surface area contributed by atoms with Crippen LogP contribution >= 0.6 is 11.8 Å². The highest BCUT2D eigenvalue weighted by molar-refractivity contribution is 7.99. The van der Waals surface area contributed by atoms with E-state index in [-0.39, 0.29) is 22.9 Å². The number of benzene rings is 2. The van der Waals surface area contributed by atoms with E-state index in [0.29, 0.717) is 6.42 Å². The molecular weight excluding hydrogens is 364 g/mol. The number of rotatable bonds is 9. The Kier molecular flexibility index (Phi) is 6.80. The first-order valence-corrected chi connectivity index (χ1v) is 9.91. The molecule has 134 valence electrons. The predicted octanol–water partition coefficient (Wildman–Crippen LogP) is 3.06. The number of hydrogen-bond acceptors (Lipinski definition) is 6. The van der Waals surface area contributed by atoms with Gasteiger partial charge in [0.15, 0.2) is 0 Å². The number of methoxy groups -OCH3 is 1. The molecule has 2 rings (SSSR count). The van der Waals surface area contributed by atoms with Gasteiger partial charge in [-0.2, -0.15) is 0 Å². The molecule has 7 nitrogen and oxygen atoms in total. The zero-order chi connectivity index (χ0) is 18.3. The Balaban J connectivity index is 1.94. The number of thioether (sulfide) groups is 1. The van der Waals surface area contributed by atoms with Crippen LogP contribution in [-0.4, -0.2) is 32.7 Å². The zero-order valence-corrected chi connectivity index (χ0v) is 15.2. The molecule has 0 aromatic heterocycles. The normalized spacial score (nSPS) is 11.2. The number of nitro groups is 1. The summed E-state index contributed by atoms with van der Waals surface area (Å²) >= 11 is 1.65. The molecule has 0 bridgehead atoms. The van der Waals surface area contributed by atoms with Crippen molar-refractivity contribution in [2.75, 3.05) is 19.4 Å². The fraction of sp³-hybridized carbons (Fsp3) is 0.250. The molecule has 25 heavy (non-hydrogen) atoms. The molecule has 0 amide bonds. The number of ether oxygens (including phenoxy) is 1. The van der Waals surface area contributed by atoms with Gasteiger partial charge >= 0.3 is 0 Å². The van der Waals surface area contributed by atoms with Gasteiger partial charge in [-0.15, -0.1) is 11.8 Å². The summed E-state index contributed by atoms with van der Waals surface area (Å²) in [5, 5.41) is 10.8. The second kappa shape index (κ2) is 8.84. The molecule has 0 radical (unpaired) electrons. The summed E-state index contributed by atoms with van der Waals surface area (Å²) < 4.78 is 32.2. The Bertz CT molecular complexity index is 826. The lowest BCUT2D eigenvalue weighted by atomic mass is 10.3. The molecule has 0 atom stereocenters. The third-order valence-electron chi connectivity index (χ3n) is 3.27. The van der Waals surface area contributed by atoms with Gasteiger partial charge in [-0.3, -0.25) is 10.1 Å². The fourth-order valence-electron chi connectivity index (χ4n) is 2.06. The average molecular weight is 382 g/mol. The van der Waals surface area contributed by atoms with E-state index >= 15 is 0 Å². The van der Waals surface area contributed by atoms with Crippen molar-refractivity contribution in [2.45, 2.75) is 16.2 Å². The number of nitro benzene ring substituents is 1. The number of sulfonamides is 1. The van der Waals surface area contributed by atoms with Crippen LogP contribution in [0.15, 0.2) is 58.3 Å². The number of non-ortho nitro benzene ring substituents is 1. The summed E-state index contributed by atoms with van der Waals surface area (Å²) in [7, 11) is -2.53. The van der Waals surface area contributed by atoms with Crippen molar-refractivity contribution in [3.05, 3.63) is 58.6 Å². The number of hydrogen-bond donors (Lipinski definition) is 1. The van der Waals surface area contributed by atoms with Crippen LogP contribution in [0.25, 0.3) is 0 Å². The molecule has 0 heterocycles. The lowest BCUT2D eigenvalue weighted by Crippen LogP contribution is -2.25. The Morgan fingerprint density at radius 1 is 1.20 bits per heavy atom. The van der Waals surface area contributed by atoms with Crippen molar-refractivity contribution in [3.63, 3.8) is 0 Å². The van der Waals surface area contributed by atoms with Crippen molar-refractivity contribution in [2.24, 2.45) is 0 Å². The smallest absolute Gasteiger partial charge is 0.273 e. The molecule has 0 aliphatic heterocycles. The molecule has 1 N–H and O–H groups in total. The van der Waals surface area contributed by atoms with E-state index in [2.05, 4.69) is 4.72 Å². The second-order valence-corrected chi connectivity index (χ2v) is 7.91. The fourth-order valence-corrected chi connectivity index (χ4v) is 4.15. The third kappa shape index (κ3) is 5.45. The molecule has 0 spiro atoms. The highest BCUT2D eigenvalue weighted by Gasteiger charge is 2.21. The van der Waals surface area contributed by atoms with Crippen LogP contribution in [0.5, 0.6) is 5.75 Å². The first-order valence-electron chi connectivity index (χ1n) is 7.44. The Labute approximate surface area is 150 Å². The van der Waals surface area contributed by atoms with Crippen LogP contribution < -0.4 is 9.46 Å². The first kappa shape index (κ1) is 19.2. The molecule has 0 aliphatic rings. The monoisotopic (exact) mass is 382 g/mol. The largest absolute Gasteiger partial charge is 0.495 e. The van der Waals surface area contributed by atoms with E-state index in [0.717, 1.165) is 22.8 Å². The summed E-state index contributed by atoms with van der Waals surface area (Å²) in [6, 6.07) is 13.3. The van der Waals surface area contributed by atoms with Gasteiger partial charge in [0.1, 0.15) is 10.6 Å². The summed E-state index contributed by atoms with van der Waals surface area (Å²) in [5.74, 6) is 0.713. The third-order valence-corrected chi connectivity index (χ3v) is 5.87. The number of nitrogens with zero attached hydrogens (tertiary/aromatic N) is 1. The standard InChI is InChI=1S/C16H18N2O5S2/c1-23-15-12-13(18(19)20)8-9-16(15)25(21,22)17-10-5-11-24-14-6-3-2-4-7-14/h2-4,6-9,12,17H,5,10-11H2,1H3. The lowest BCUT2D eigenvalue weighted by molar-refractivity contribution is -0.385. The topological polar surface area (TPSA) is 98.5 Å². The van der Waals surface area contributed by atoms with Gasteiger partial charge in [0.25, 0.3) is 5.69 Å². The zero-order valence-electron chi connectivity index (χ0n) is 13.5. The van der Waals surface area contributed by atoms with Crippen molar-refractivity contribution < 1.29 is 18.1 Å². The highest BCUT2D eigenvalue weighted by atomic mass is 32.2. The van der Waals surface area contributed by atoms with Crippen LogP contribution in [0.3, 0.4) is 0 Å². The first-order chi connectivity index (χ1) is 11.9. The number of nitrogens with one attached hydrogen (secondary N) is 1. The van der Waals surface area contributed by atoms with Gasteiger partial charge in [0, 0.05) is 17.5 Å². The van der Waals surface area contributed by atoms with Crippen molar-refractivity contribution >= 4 is 27.5 Å². The second-order valence-electron chi connectivity index (χ2n) is 5.01. The van der Waals surface area contributed by atoms with Gasteiger partial charge < -0.3 is 4.74 Å². The van der Waals surface area contributed by atoms with Crippen LogP contribution in [0, 0.1) is 10.1 Å². The van der Waals surface area contributed by atoms with Gasteiger partial charge in [0.05, 0.1) is 18.1 Å². The van der Waals surface area contributed by atoms with Gasteiger partial charge in [-0.1, -0.05) is 18.2 Å². The summed E-state index contributed by atoms with van der Waals surface area (Å²) in [6.07, 6.45) is 0.647. The molecular formula is C16H18N2O5S2. The molecule has 0 saturated heterocycles. The van der Waals surface area contributed by atoms with Crippen LogP contribution in [0.4, 0.5) is 5.69 Å². The van der Waals surface area contributed by atoms with Crippen LogP contribution in [0.1, 0.15) is 6.42 Å². The van der Waals surface area contributed by atoms with E-state index < -0.39 is 14.9 Å². The van der Waals surface area contributed by atoms with E-state index in [9.17, 15) is 18.5 Å². The minimum Gasteiger partial charge on any atom is -0.495 e. The lowest BCUT2D eigenvalue weighted by Gasteiger charge is -2.10.